The predicted octanol–water partition coefficient (Wildman–Crippen LogP) is 4.17. The number of nitrogens with one attached hydrogen (secondary N) is 2. The molecule has 0 radical (unpaired) electrons. The second kappa shape index (κ2) is 6.97. The van der Waals surface area contributed by atoms with Crippen molar-refractivity contribution in [2.24, 2.45) is 0 Å². The van der Waals surface area contributed by atoms with Gasteiger partial charge in [0.1, 0.15) is 12.1 Å². The normalized spacial score (nSPS) is 16.0. The number of hydrogen-bond acceptors (Lipinski definition) is 5. The first kappa shape index (κ1) is 18.0. The molecule has 10 heteroatoms. The van der Waals surface area contributed by atoms with Crippen LogP contribution in [0.3, 0.4) is 0 Å². The molecule has 0 spiro atoms. The Morgan fingerprint density at radius 1 is 1.19 bits per heavy atom. The highest BCUT2D eigenvalue weighted by Crippen LogP contribution is 2.37. The molecule has 6 nitrogen and oxygen atoms in total. The first-order valence-corrected chi connectivity index (χ1v) is 8.84. The highest BCUT2D eigenvalue weighted by molar-refractivity contribution is 6.31. The monoisotopic (exact) mass is 396 g/mol. The fourth-order valence-corrected chi connectivity index (χ4v) is 3.46. The Balaban J connectivity index is 1.68. The molecule has 0 saturated carbocycles. The third-order valence-corrected chi connectivity index (χ3v) is 4.91. The molecule has 27 heavy (non-hydrogen) atoms. The van der Waals surface area contributed by atoms with Crippen molar-refractivity contribution in [3.63, 3.8) is 0 Å². The van der Waals surface area contributed by atoms with Gasteiger partial charge in [0.2, 0.25) is 0 Å². The van der Waals surface area contributed by atoms with E-state index in [0.717, 1.165) is 32.0 Å². The van der Waals surface area contributed by atoms with Gasteiger partial charge in [0, 0.05) is 5.69 Å². The van der Waals surface area contributed by atoms with Crippen molar-refractivity contribution in [3.8, 4) is 0 Å². The fourth-order valence-electron chi connectivity index (χ4n) is 3.24. The molecule has 3 aromatic rings. The van der Waals surface area contributed by atoms with Crippen LogP contribution in [-0.2, 0) is 6.18 Å². The van der Waals surface area contributed by atoms with E-state index in [-0.39, 0.29) is 16.8 Å². The number of alkyl halides is 3. The third-order valence-electron chi connectivity index (χ3n) is 4.58. The van der Waals surface area contributed by atoms with E-state index in [4.69, 9.17) is 11.6 Å². The van der Waals surface area contributed by atoms with E-state index in [0.29, 0.717) is 16.9 Å². The molecule has 1 saturated heterocycles. The molecule has 3 heterocycles. The average Bonchev–Trinajstić information content (AvgIpc) is 3.08. The van der Waals surface area contributed by atoms with Gasteiger partial charge < -0.3 is 10.6 Å². The van der Waals surface area contributed by atoms with Crippen LogP contribution >= 0.6 is 11.6 Å². The van der Waals surface area contributed by atoms with Gasteiger partial charge in [-0.2, -0.15) is 18.3 Å². The average molecular weight is 397 g/mol. The highest BCUT2D eigenvalue weighted by atomic mass is 35.5. The summed E-state index contributed by atoms with van der Waals surface area (Å²) >= 11 is 5.68. The van der Waals surface area contributed by atoms with Crippen molar-refractivity contribution in [1.29, 1.82) is 0 Å². The summed E-state index contributed by atoms with van der Waals surface area (Å²) in [6, 6.07) is 3.89. The maximum atomic E-state index is 13.1. The van der Waals surface area contributed by atoms with Crippen LogP contribution in [0.1, 0.15) is 24.4 Å². The minimum absolute atomic E-state index is 0.235. The third kappa shape index (κ3) is 3.57. The molecule has 4 rings (SSSR count). The summed E-state index contributed by atoms with van der Waals surface area (Å²) in [7, 11) is 0. The van der Waals surface area contributed by atoms with E-state index in [1.54, 1.807) is 6.20 Å². The summed E-state index contributed by atoms with van der Waals surface area (Å²) in [6.07, 6.45) is 0.367. The first-order valence-electron chi connectivity index (χ1n) is 8.46. The van der Waals surface area contributed by atoms with Gasteiger partial charge in [-0.1, -0.05) is 11.6 Å². The lowest BCUT2D eigenvalue weighted by Crippen LogP contribution is -2.29. The maximum absolute atomic E-state index is 13.1. The maximum Gasteiger partial charge on any atom is 0.417 e. The van der Waals surface area contributed by atoms with Crippen LogP contribution in [0, 0.1) is 0 Å². The van der Waals surface area contributed by atoms with Crippen molar-refractivity contribution in [2.45, 2.75) is 25.1 Å². The van der Waals surface area contributed by atoms with Crippen LogP contribution in [0.5, 0.6) is 0 Å². The smallest absolute Gasteiger partial charge is 0.340 e. The molecule has 1 aromatic carbocycles. The number of rotatable bonds is 3. The first-order chi connectivity index (χ1) is 12.9. The van der Waals surface area contributed by atoms with Crippen LogP contribution in [0.25, 0.3) is 11.0 Å². The lowest BCUT2D eigenvalue weighted by Gasteiger charge is -2.23. The Morgan fingerprint density at radius 2 is 1.96 bits per heavy atom. The molecule has 142 valence electrons. The summed E-state index contributed by atoms with van der Waals surface area (Å²) in [6.45, 7) is 1.82. The Bertz CT molecular complexity index is 965. The summed E-state index contributed by atoms with van der Waals surface area (Å²) < 4.78 is 41.1. The molecule has 0 unspecified atom stereocenters. The van der Waals surface area contributed by atoms with E-state index in [1.165, 1.54) is 18.5 Å². The number of hydrogen-bond donors (Lipinski definition) is 2. The van der Waals surface area contributed by atoms with Crippen molar-refractivity contribution >= 4 is 34.1 Å². The van der Waals surface area contributed by atoms with E-state index >= 15 is 0 Å². The van der Waals surface area contributed by atoms with Crippen LogP contribution in [0.2, 0.25) is 5.02 Å². The van der Waals surface area contributed by atoms with Gasteiger partial charge >= 0.3 is 6.18 Å². The Hall–Kier alpha value is -2.39. The molecular formula is C17H16ClF3N6. The van der Waals surface area contributed by atoms with E-state index < -0.39 is 11.7 Å². The molecule has 1 fully saturated rings. The predicted molar refractivity (Wildman–Crippen MR) is 96.2 cm³/mol. The Labute approximate surface area is 157 Å². The Kier molecular flexibility index (Phi) is 4.65. The van der Waals surface area contributed by atoms with Crippen molar-refractivity contribution in [2.75, 3.05) is 18.4 Å². The summed E-state index contributed by atoms with van der Waals surface area (Å²) in [4.78, 5) is 8.49. The molecule has 0 aliphatic carbocycles. The van der Waals surface area contributed by atoms with E-state index in [2.05, 4.69) is 25.7 Å². The van der Waals surface area contributed by atoms with Gasteiger partial charge in [-0.3, -0.25) is 0 Å². The van der Waals surface area contributed by atoms with Crippen LogP contribution in [0.15, 0.2) is 30.7 Å². The molecule has 0 bridgehead atoms. The molecule has 1 aliphatic rings. The highest BCUT2D eigenvalue weighted by Gasteiger charge is 2.33. The molecule has 2 N–H and O–H groups in total. The van der Waals surface area contributed by atoms with Gasteiger partial charge in [-0.15, -0.1) is 0 Å². The molecule has 0 atom stereocenters. The number of nitrogens with zero attached hydrogens (tertiary/aromatic N) is 4. The van der Waals surface area contributed by atoms with E-state index in [1.807, 2.05) is 4.68 Å². The zero-order valence-corrected chi connectivity index (χ0v) is 14.8. The second-order valence-corrected chi connectivity index (χ2v) is 6.75. The number of fused-ring (bicyclic) bond motifs is 1. The number of benzene rings is 1. The number of anilines is 2. The van der Waals surface area contributed by atoms with Gasteiger partial charge in [-0.05, 0) is 44.1 Å². The number of halogens is 4. The molecule has 0 amide bonds. The van der Waals surface area contributed by atoms with Crippen molar-refractivity contribution in [3.05, 3.63) is 41.3 Å². The van der Waals surface area contributed by atoms with Crippen molar-refractivity contribution in [1.82, 2.24) is 25.1 Å². The Morgan fingerprint density at radius 3 is 2.70 bits per heavy atom. The summed E-state index contributed by atoms with van der Waals surface area (Å²) in [5, 5.41) is 11.0. The second-order valence-electron chi connectivity index (χ2n) is 6.35. The van der Waals surface area contributed by atoms with Gasteiger partial charge in [-0.25, -0.2) is 14.6 Å². The summed E-state index contributed by atoms with van der Waals surface area (Å²) in [5.74, 6) is 0.399. The SMILES string of the molecule is FC(F)(F)c1cc(Nc2ncnc3c2cnn3C2CCNCC2)ccc1Cl. The topological polar surface area (TPSA) is 67.7 Å². The largest absolute Gasteiger partial charge is 0.417 e. The number of piperidine rings is 1. The standard InChI is InChI=1S/C17H16ClF3N6/c18-14-2-1-10(7-13(14)17(19,20)21)26-15-12-8-25-27(16(12)24-9-23-15)11-3-5-22-6-4-11/h1-2,7-9,11,22H,3-6H2,(H,23,24,26). The molecule has 1 aliphatic heterocycles. The fraction of sp³-hybridized carbons (Fsp3) is 0.353. The number of aromatic nitrogens is 4. The van der Waals surface area contributed by atoms with Crippen LogP contribution in [-0.4, -0.2) is 32.8 Å². The van der Waals surface area contributed by atoms with Gasteiger partial charge in [0.25, 0.3) is 0 Å². The zero-order chi connectivity index (χ0) is 19.0. The lowest BCUT2D eigenvalue weighted by atomic mass is 10.1. The quantitative estimate of drug-likeness (QED) is 0.695. The van der Waals surface area contributed by atoms with Gasteiger partial charge in [0.15, 0.2) is 5.65 Å². The lowest BCUT2D eigenvalue weighted by molar-refractivity contribution is -0.137. The van der Waals surface area contributed by atoms with Crippen LogP contribution in [0.4, 0.5) is 24.7 Å². The van der Waals surface area contributed by atoms with Gasteiger partial charge in [0.05, 0.1) is 28.2 Å². The van der Waals surface area contributed by atoms with Crippen molar-refractivity contribution < 1.29 is 13.2 Å². The van der Waals surface area contributed by atoms with Crippen LogP contribution < -0.4 is 10.6 Å². The minimum Gasteiger partial charge on any atom is -0.340 e. The molecular weight excluding hydrogens is 381 g/mol. The molecule has 2 aromatic heterocycles. The van der Waals surface area contributed by atoms with E-state index in [9.17, 15) is 13.2 Å². The zero-order valence-electron chi connectivity index (χ0n) is 14.1. The summed E-state index contributed by atoms with van der Waals surface area (Å²) in [5.41, 5.74) is -0.00406. The minimum atomic E-state index is -4.53.